The minimum atomic E-state index is -1.42. The number of benzene rings is 1. The molecule has 1 aliphatic carbocycles. The van der Waals surface area contributed by atoms with Crippen molar-refractivity contribution in [3.63, 3.8) is 0 Å². The highest BCUT2D eigenvalue weighted by Crippen LogP contribution is 2.42. The normalized spacial score (nSPS) is 16.4. The van der Waals surface area contributed by atoms with E-state index in [0.717, 1.165) is 19.0 Å². The molecule has 2 aliphatic rings. The average Bonchev–Trinajstić information content (AvgIpc) is 3.31. The van der Waals surface area contributed by atoms with Gasteiger partial charge in [-0.1, -0.05) is 0 Å². The summed E-state index contributed by atoms with van der Waals surface area (Å²) >= 11 is 0. The van der Waals surface area contributed by atoms with Gasteiger partial charge in [-0.2, -0.15) is 4.39 Å². The lowest BCUT2D eigenvalue weighted by molar-refractivity contribution is 0.0695. The summed E-state index contributed by atoms with van der Waals surface area (Å²) in [4.78, 5) is 23.3. The number of carboxylic acids is 1. The number of hydrogen-bond acceptors (Lipinski definition) is 3. The molecule has 4 rings (SSSR count). The van der Waals surface area contributed by atoms with Gasteiger partial charge >= 0.3 is 5.97 Å². The number of ether oxygens (including phenoxy) is 1. The fourth-order valence-corrected chi connectivity index (χ4v) is 2.62. The molecule has 1 N–H and O–H groups in total. The largest absolute Gasteiger partial charge is 0.477 e. The van der Waals surface area contributed by atoms with Crippen LogP contribution in [0.15, 0.2) is 22.8 Å². The molecule has 2 heterocycles. The maximum Gasteiger partial charge on any atom is 0.341 e. The van der Waals surface area contributed by atoms with Gasteiger partial charge in [-0.3, -0.25) is 4.79 Å². The van der Waals surface area contributed by atoms with Gasteiger partial charge in [0.2, 0.25) is 11.2 Å². The number of carboxylic acid groups (broad SMARTS) is 1. The summed E-state index contributed by atoms with van der Waals surface area (Å²) in [7, 11) is 0. The third-order valence-corrected chi connectivity index (χ3v) is 3.86. The number of allylic oxidation sites excluding steroid dienone is 1. The summed E-state index contributed by atoms with van der Waals surface area (Å²) in [6.45, 7) is 0. The minimum absolute atomic E-state index is 0.0401. The zero-order chi connectivity index (χ0) is 15.6. The first-order chi connectivity index (χ1) is 10.5. The maximum absolute atomic E-state index is 14.0. The Hall–Kier alpha value is -2.70. The van der Waals surface area contributed by atoms with Crippen LogP contribution in [0.1, 0.15) is 23.2 Å². The van der Waals surface area contributed by atoms with Crippen LogP contribution in [0, 0.1) is 17.6 Å². The topological polar surface area (TPSA) is 68.5 Å². The Morgan fingerprint density at radius 3 is 2.73 bits per heavy atom. The Morgan fingerprint density at radius 1 is 1.36 bits per heavy atom. The van der Waals surface area contributed by atoms with E-state index in [1.807, 2.05) is 0 Å². The minimum Gasteiger partial charge on any atom is -0.477 e. The Bertz CT molecular complexity index is 941. The molecule has 0 saturated heterocycles. The van der Waals surface area contributed by atoms with Gasteiger partial charge in [0.25, 0.3) is 0 Å². The van der Waals surface area contributed by atoms with Crippen molar-refractivity contribution in [1.82, 2.24) is 4.57 Å². The van der Waals surface area contributed by atoms with Crippen LogP contribution >= 0.6 is 0 Å². The highest BCUT2D eigenvalue weighted by Gasteiger charge is 2.33. The lowest BCUT2D eigenvalue weighted by atomic mass is 10.1. The van der Waals surface area contributed by atoms with Crippen molar-refractivity contribution in [3.8, 4) is 5.75 Å². The van der Waals surface area contributed by atoms with Gasteiger partial charge in [0.15, 0.2) is 11.6 Å². The second-order valence-corrected chi connectivity index (χ2v) is 5.39. The van der Waals surface area contributed by atoms with Crippen molar-refractivity contribution < 1.29 is 23.4 Å². The molecule has 1 aromatic heterocycles. The summed E-state index contributed by atoms with van der Waals surface area (Å²) in [5, 5.41) is 8.89. The maximum atomic E-state index is 14.0. The second kappa shape index (κ2) is 4.16. The van der Waals surface area contributed by atoms with E-state index in [0.29, 0.717) is 11.8 Å². The predicted octanol–water partition coefficient (Wildman–Crippen LogP) is 2.58. The standard InChI is InChI=1S/C15H9F2NO4/c16-9-3-7-12-14(11(9)17)22-10(6-1-2-6)5-18(12)4-8(13(7)19)15(20)21/h3-6H,1-2H2,(H,20,21). The smallest absolute Gasteiger partial charge is 0.341 e. The Kier molecular flexibility index (Phi) is 2.46. The summed E-state index contributed by atoms with van der Waals surface area (Å²) in [6.07, 6.45) is 4.37. The molecule has 0 spiro atoms. The highest BCUT2D eigenvalue weighted by atomic mass is 19.2. The molecule has 1 aliphatic heterocycles. The zero-order valence-corrected chi connectivity index (χ0v) is 11.1. The van der Waals surface area contributed by atoms with Gasteiger partial charge in [-0.25, -0.2) is 9.18 Å². The number of pyridine rings is 1. The molecule has 0 atom stereocenters. The predicted molar refractivity (Wildman–Crippen MR) is 72.7 cm³/mol. The number of halogens is 2. The van der Waals surface area contributed by atoms with E-state index in [-0.39, 0.29) is 22.6 Å². The Balaban J connectivity index is 2.15. The van der Waals surface area contributed by atoms with E-state index < -0.39 is 28.6 Å². The molecule has 0 amide bonds. The van der Waals surface area contributed by atoms with Crippen LogP contribution in [0.4, 0.5) is 8.78 Å². The average molecular weight is 305 g/mol. The molecule has 7 heteroatoms. The fraction of sp³-hybridized carbons (Fsp3) is 0.200. The monoisotopic (exact) mass is 305 g/mol. The summed E-state index contributed by atoms with van der Waals surface area (Å²) in [5.41, 5.74) is -1.33. The molecular formula is C15H9F2NO4. The molecular weight excluding hydrogens is 296 g/mol. The molecule has 0 unspecified atom stereocenters. The highest BCUT2D eigenvalue weighted by molar-refractivity contribution is 5.95. The van der Waals surface area contributed by atoms with E-state index in [1.165, 1.54) is 10.8 Å². The number of nitrogens with zero attached hydrogens (tertiary/aromatic N) is 1. The molecule has 1 aromatic carbocycles. The van der Waals surface area contributed by atoms with Crippen molar-refractivity contribution in [2.24, 2.45) is 5.92 Å². The molecule has 1 saturated carbocycles. The molecule has 0 radical (unpaired) electrons. The molecule has 2 aromatic rings. The van der Waals surface area contributed by atoms with Crippen LogP contribution < -0.4 is 10.2 Å². The van der Waals surface area contributed by atoms with E-state index in [1.54, 1.807) is 0 Å². The summed E-state index contributed by atoms with van der Waals surface area (Å²) < 4.78 is 34.5. The number of rotatable bonds is 2. The van der Waals surface area contributed by atoms with Crippen LogP contribution in [0.2, 0.25) is 0 Å². The summed E-state index contributed by atoms with van der Waals surface area (Å²) in [5.74, 6) is -3.67. The second-order valence-electron chi connectivity index (χ2n) is 5.39. The molecule has 5 nitrogen and oxygen atoms in total. The van der Waals surface area contributed by atoms with Crippen molar-refractivity contribution in [3.05, 3.63) is 45.4 Å². The molecule has 0 bridgehead atoms. The van der Waals surface area contributed by atoms with Crippen LogP contribution in [-0.2, 0) is 0 Å². The molecule has 1 fully saturated rings. The van der Waals surface area contributed by atoms with Gasteiger partial charge in [-0.15, -0.1) is 0 Å². The van der Waals surface area contributed by atoms with E-state index in [2.05, 4.69) is 0 Å². The Morgan fingerprint density at radius 2 is 2.09 bits per heavy atom. The van der Waals surface area contributed by atoms with Gasteiger partial charge < -0.3 is 14.4 Å². The number of hydrogen-bond donors (Lipinski definition) is 1. The van der Waals surface area contributed by atoms with Crippen LogP contribution in [0.25, 0.3) is 17.1 Å². The van der Waals surface area contributed by atoms with Crippen LogP contribution in [0.5, 0.6) is 5.75 Å². The lowest BCUT2D eigenvalue weighted by Gasteiger charge is -2.21. The first-order valence-corrected chi connectivity index (χ1v) is 6.67. The van der Waals surface area contributed by atoms with Crippen molar-refractivity contribution in [1.29, 1.82) is 0 Å². The number of aromatic carboxylic acids is 1. The fourth-order valence-electron chi connectivity index (χ4n) is 2.62. The third-order valence-electron chi connectivity index (χ3n) is 3.86. The number of aromatic nitrogens is 1. The van der Waals surface area contributed by atoms with Gasteiger partial charge in [0.05, 0.1) is 5.39 Å². The first-order valence-electron chi connectivity index (χ1n) is 6.67. The van der Waals surface area contributed by atoms with Crippen molar-refractivity contribution in [2.45, 2.75) is 12.8 Å². The van der Waals surface area contributed by atoms with E-state index in [4.69, 9.17) is 9.84 Å². The van der Waals surface area contributed by atoms with Crippen molar-refractivity contribution >= 4 is 23.1 Å². The first kappa shape index (κ1) is 13.0. The van der Waals surface area contributed by atoms with Crippen LogP contribution in [0.3, 0.4) is 0 Å². The summed E-state index contributed by atoms with van der Waals surface area (Å²) in [6, 6.07) is 0.707. The molecule has 112 valence electrons. The lowest BCUT2D eigenvalue weighted by Crippen LogP contribution is -2.21. The number of carbonyl (C=O) groups is 1. The van der Waals surface area contributed by atoms with Gasteiger partial charge in [0.1, 0.15) is 16.8 Å². The van der Waals surface area contributed by atoms with Gasteiger partial charge in [-0.05, 0) is 18.9 Å². The molecule has 22 heavy (non-hydrogen) atoms. The quantitative estimate of drug-likeness (QED) is 0.926. The van der Waals surface area contributed by atoms with E-state index >= 15 is 0 Å². The zero-order valence-electron chi connectivity index (χ0n) is 11.1. The van der Waals surface area contributed by atoms with Crippen LogP contribution in [-0.4, -0.2) is 15.6 Å². The van der Waals surface area contributed by atoms with Gasteiger partial charge in [0, 0.05) is 18.3 Å². The van der Waals surface area contributed by atoms with E-state index in [9.17, 15) is 18.4 Å². The third kappa shape index (κ3) is 1.68. The Labute approximate surface area is 122 Å². The SMILES string of the molecule is O=C(O)c1cn2c3c(c(F)c(F)cc3c1=O)OC(C1CC1)=C2. The van der Waals surface area contributed by atoms with Crippen molar-refractivity contribution in [2.75, 3.05) is 0 Å².